The molecule has 0 spiro atoms. The summed E-state index contributed by atoms with van der Waals surface area (Å²) in [6.45, 7) is 3.12. The third-order valence-electron chi connectivity index (χ3n) is 2.68. The van der Waals surface area contributed by atoms with Gasteiger partial charge in [-0.2, -0.15) is 0 Å². The van der Waals surface area contributed by atoms with Crippen LogP contribution in [0, 0.1) is 0 Å². The van der Waals surface area contributed by atoms with Crippen molar-refractivity contribution in [3.05, 3.63) is 24.2 Å². The first-order valence-electron chi connectivity index (χ1n) is 6.19. The van der Waals surface area contributed by atoms with Crippen LogP contribution in [0.15, 0.2) is 22.8 Å². The minimum absolute atomic E-state index is 0.169. The van der Waals surface area contributed by atoms with Gasteiger partial charge in [-0.15, -0.1) is 0 Å². The number of hydrogen-bond donors (Lipinski definition) is 1. The highest BCUT2D eigenvalue weighted by Gasteiger charge is 2.09. The Morgan fingerprint density at radius 3 is 2.67 bits per heavy atom. The van der Waals surface area contributed by atoms with E-state index in [0.717, 1.165) is 25.3 Å². The van der Waals surface area contributed by atoms with Crippen LogP contribution in [-0.4, -0.2) is 54.6 Å². The van der Waals surface area contributed by atoms with E-state index in [1.165, 1.54) is 0 Å². The monoisotopic (exact) mass is 254 g/mol. The summed E-state index contributed by atoms with van der Waals surface area (Å²) in [4.78, 5) is 14.9. The number of rotatable bonds is 9. The first kappa shape index (κ1) is 14.7. The highest BCUT2D eigenvalue weighted by Crippen LogP contribution is 2.07. The van der Waals surface area contributed by atoms with Crippen molar-refractivity contribution in [1.29, 1.82) is 0 Å². The van der Waals surface area contributed by atoms with E-state index in [1.807, 2.05) is 26.2 Å². The lowest BCUT2D eigenvalue weighted by atomic mass is 10.3. The lowest BCUT2D eigenvalue weighted by Crippen LogP contribution is -2.29. The molecule has 0 amide bonds. The second kappa shape index (κ2) is 7.89. The second-order valence-corrected chi connectivity index (χ2v) is 4.66. The van der Waals surface area contributed by atoms with Gasteiger partial charge in [-0.05, 0) is 45.7 Å². The average Bonchev–Trinajstić information content (AvgIpc) is 2.77. The molecule has 5 heteroatoms. The fourth-order valence-corrected chi connectivity index (χ4v) is 1.76. The summed E-state index contributed by atoms with van der Waals surface area (Å²) in [5.74, 6) is 0.122. The van der Waals surface area contributed by atoms with E-state index in [2.05, 4.69) is 9.80 Å². The Morgan fingerprint density at radius 1 is 1.33 bits per heavy atom. The van der Waals surface area contributed by atoms with E-state index in [9.17, 15) is 4.79 Å². The molecule has 1 N–H and O–H groups in total. The van der Waals surface area contributed by atoms with Crippen molar-refractivity contribution < 1.29 is 14.3 Å². The molecule has 0 aromatic carbocycles. The van der Waals surface area contributed by atoms with Crippen molar-refractivity contribution in [2.24, 2.45) is 0 Å². The van der Waals surface area contributed by atoms with Gasteiger partial charge in [0.05, 0.1) is 19.2 Å². The maximum atomic E-state index is 10.6. The van der Waals surface area contributed by atoms with Gasteiger partial charge in [0.2, 0.25) is 0 Å². The molecule has 0 aliphatic carbocycles. The van der Waals surface area contributed by atoms with Gasteiger partial charge < -0.3 is 14.4 Å². The number of hydrogen-bond acceptors (Lipinski definition) is 4. The van der Waals surface area contributed by atoms with Gasteiger partial charge in [-0.1, -0.05) is 0 Å². The summed E-state index contributed by atoms with van der Waals surface area (Å²) in [5.41, 5.74) is 0. The number of carboxylic acid groups (broad SMARTS) is 1. The lowest BCUT2D eigenvalue weighted by molar-refractivity contribution is -0.137. The number of furan rings is 1. The summed E-state index contributed by atoms with van der Waals surface area (Å²) < 4.78 is 5.30. The van der Waals surface area contributed by atoms with Crippen LogP contribution < -0.4 is 0 Å². The molecule has 0 atom stereocenters. The molecule has 1 aromatic rings. The van der Waals surface area contributed by atoms with Gasteiger partial charge >= 0.3 is 5.97 Å². The Balaban J connectivity index is 2.38. The van der Waals surface area contributed by atoms with Crippen LogP contribution in [0.4, 0.5) is 0 Å². The Bertz CT molecular complexity index is 336. The summed E-state index contributed by atoms with van der Waals surface area (Å²) in [6.07, 6.45) is 2.83. The Hall–Kier alpha value is -1.33. The number of carbonyl (C=O) groups is 1. The van der Waals surface area contributed by atoms with E-state index >= 15 is 0 Å². The standard InChI is InChI=1S/C13H22N2O3/c1-14(2)7-4-8-15(9-6-13(16)17)11-12-5-3-10-18-12/h3,5,10H,4,6-9,11H2,1-2H3,(H,16,17). The van der Waals surface area contributed by atoms with Gasteiger partial charge in [0, 0.05) is 6.54 Å². The van der Waals surface area contributed by atoms with Crippen LogP contribution in [0.2, 0.25) is 0 Å². The van der Waals surface area contributed by atoms with E-state index < -0.39 is 5.97 Å². The first-order valence-corrected chi connectivity index (χ1v) is 6.19. The third-order valence-corrected chi connectivity index (χ3v) is 2.68. The Labute approximate surface area is 108 Å². The molecule has 102 valence electrons. The van der Waals surface area contributed by atoms with Crippen molar-refractivity contribution in [3.63, 3.8) is 0 Å². The topological polar surface area (TPSA) is 56.9 Å². The predicted octanol–water partition coefficient (Wildman–Crippen LogP) is 1.51. The fraction of sp³-hybridized carbons (Fsp3) is 0.615. The molecular weight excluding hydrogens is 232 g/mol. The van der Waals surface area contributed by atoms with E-state index in [-0.39, 0.29) is 6.42 Å². The first-order chi connectivity index (χ1) is 8.58. The van der Waals surface area contributed by atoms with Gasteiger partial charge in [-0.3, -0.25) is 9.69 Å². The molecule has 0 fully saturated rings. The largest absolute Gasteiger partial charge is 0.481 e. The second-order valence-electron chi connectivity index (χ2n) is 4.66. The number of carboxylic acids is 1. The van der Waals surface area contributed by atoms with Gasteiger partial charge in [-0.25, -0.2) is 0 Å². The zero-order chi connectivity index (χ0) is 13.4. The van der Waals surface area contributed by atoms with E-state index in [1.54, 1.807) is 6.26 Å². The van der Waals surface area contributed by atoms with Gasteiger partial charge in [0.25, 0.3) is 0 Å². The molecule has 1 aromatic heterocycles. The smallest absolute Gasteiger partial charge is 0.304 e. The summed E-state index contributed by atoms with van der Waals surface area (Å²) >= 11 is 0. The molecule has 0 radical (unpaired) electrons. The molecule has 1 heterocycles. The van der Waals surface area contributed by atoms with Crippen LogP contribution in [0.3, 0.4) is 0 Å². The summed E-state index contributed by atoms with van der Waals surface area (Å²) in [6, 6.07) is 3.77. The Kier molecular flexibility index (Phi) is 6.46. The minimum atomic E-state index is -0.757. The molecule has 0 aliphatic heterocycles. The Morgan fingerprint density at radius 2 is 2.11 bits per heavy atom. The van der Waals surface area contributed by atoms with Crippen molar-refractivity contribution in [3.8, 4) is 0 Å². The predicted molar refractivity (Wildman–Crippen MR) is 69.4 cm³/mol. The highest BCUT2D eigenvalue weighted by molar-refractivity contribution is 5.66. The summed E-state index contributed by atoms with van der Waals surface area (Å²) in [7, 11) is 4.07. The van der Waals surface area contributed by atoms with E-state index in [4.69, 9.17) is 9.52 Å². The molecule has 18 heavy (non-hydrogen) atoms. The fourth-order valence-electron chi connectivity index (χ4n) is 1.76. The van der Waals surface area contributed by atoms with Crippen LogP contribution >= 0.6 is 0 Å². The quantitative estimate of drug-likeness (QED) is 0.724. The third kappa shape index (κ3) is 6.42. The lowest BCUT2D eigenvalue weighted by Gasteiger charge is -2.21. The molecular formula is C13H22N2O3. The van der Waals surface area contributed by atoms with Crippen molar-refractivity contribution in [1.82, 2.24) is 9.80 Å². The number of aliphatic carboxylic acids is 1. The van der Waals surface area contributed by atoms with Crippen molar-refractivity contribution in [2.75, 3.05) is 33.7 Å². The summed E-state index contributed by atoms with van der Waals surface area (Å²) in [5, 5.41) is 8.74. The molecule has 0 saturated heterocycles. The van der Waals surface area contributed by atoms with Crippen molar-refractivity contribution >= 4 is 5.97 Å². The molecule has 0 bridgehead atoms. The number of nitrogens with zero attached hydrogens (tertiary/aromatic N) is 2. The SMILES string of the molecule is CN(C)CCCN(CCC(=O)O)Cc1ccco1. The van der Waals surface area contributed by atoms with Crippen molar-refractivity contribution in [2.45, 2.75) is 19.4 Å². The average molecular weight is 254 g/mol. The van der Waals surface area contributed by atoms with Crippen LogP contribution in [0.25, 0.3) is 0 Å². The van der Waals surface area contributed by atoms with Crippen LogP contribution in [0.1, 0.15) is 18.6 Å². The van der Waals surface area contributed by atoms with Crippen LogP contribution in [-0.2, 0) is 11.3 Å². The molecule has 0 saturated carbocycles. The van der Waals surface area contributed by atoms with E-state index in [0.29, 0.717) is 13.1 Å². The molecule has 0 unspecified atom stereocenters. The zero-order valence-corrected chi connectivity index (χ0v) is 11.1. The van der Waals surface area contributed by atoms with Gasteiger partial charge in [0.15, 0.2) is 0 Å². The molecule has 0 aliphatic rings. The minimum Gasteiger partial charge on any atom is -0.481 e. The molecule has 1 rings (SSSR count). The van der Waals surface area contributed by atoms with Gasteiger partial charge in [0.1, 0.15) is 5.76 Å². The molecule has 5 nitrogen and oxygen atoms in total. The maximum absolute atomic E-state index is 10.6. The van der Waals surface area contributed by atoms with Crippen LogP contribution in [0.5, 0.6) is 0 Å². The maximum Gasteiger partial charge on any atom is 0.304 e. The zero-order valence-electron chi connectivity index (χ0n) is 11.1. The highest BCUT2D eigenvalue weighted by atomic mass is 16.4. The normalized spacial score (nSPS) is 11.3.